The fourth-order valence-electron chi connectivity index (χ4n) is 3.42. The third kappa shape index (κ3) is 5.84. The number of benzene rings is 2. The lowest BCUT2D eigenvalue weighted by Gasteiger charge is -2.37. The van der Waals surface area contributed by atoms with E-state index in [0.717, 1.165) is 0 Å². The normalized spacial score (nSPS) is 20.2. The number of nitrogens with one attached hydrogen (secondary N) is 1. The predicted octanol–water partition coefficient (Wildman–Crippen LogP) is 4.18. The number of ether oxygens (including phenoxy) is 2. The van der Waals surface area contributed by atoms with E-state index in [0.29, 0.717) is 35.1 Å². The maximum absolute atomic E-state index is 14.7. The molecule has 5 nitrogen and oxygen atoms in total. The van der Waals surface area contributed by atoms with Crippen LogP contribution in [0.2, 0.25) is 5.02 Å². The average molecular weight is 421 g/mol. The molecule has 0 aromatic heterocycles. The van der Waals surface area contributed by atoms with Crippen LogP contribution in [0.5, 0.6) is 5.75 Å². The number of amides is 1. The van der Waals surface area contributed by atoms with Crippen molar-refractivity contribution in [3.63, 3.8) is 0 Å². The van der Waals surface area contributed by atoms with Gasteiger partial charge in [-0.2, -0.15) is 0 Å². The lowest BCUT2D eigenvalue weighted by atomic mass is 10.1. The number of anilines is 1. The number of halogens is 2. The van der Waals surface area contributed by atoms with Crippen LogP contribution in [0.15, 0.2) is 42.5 Å². The zero-order chi connectivity index (χ0) is 21.0. The van der Waals surface area contributed by atoms with Gasteiger partial charge < -0.3 is 19.7 Å². The molecule has 3 atom stereocenters. The van der Waals surface area contributed by atoms with E-state index in [-0.39, 0.29) is 30.5 Å². The van der Waals surface area contributed by atoms with E-state index in [2.05, 4.69) is 5.32 Å². The molecule has 1 aliphatic rings. The first-order chi connectivity index (χ1) is 13.8. The monoisotopic (exact) mass is 420 g/mol. The summed E-state index contributed by atoms with van der Waals surface area (Å²) in [5, 5.41) is 3.31. The minimum absolute atomic E-state index is 0.0538. The number of rotatable bonds is 6. The second-order valence-electron chi connectivity index (χ2n) is 7.38. The van der Waals surface area contributed by atoms with Crippen molar-refractivity contribution in [2.45, 2.75) is 45.6 Å². The summed E-state index contributed by atoms with van der Waals surface area (Å²) in [6.07, 6.45) is -0.592. The van der Waals surface area contributed by atoms with Crippen LogP contribution in [-0.2, 0) is 16.1 Å². The van der Waals surface area contributed by atoms with Gasteiger partial charge in [-0.1, -0.05) is 23.7 Å². The number of hydrogen-bond donors (Lipinski definition) is 1. The van der Waals surface area contributed by atoms with E-state index >= 15 is 0 Å². The van der Waals surface area contributed by atoms with Crippen molar-refractivity contribution < 1.29 is 18.7 Å². The fourth-order valence-corrected chi connectivity index (χ4v) is 3.60. The number of carbonyl (C=O) groups excluding carboxylic acids is 1. The molecule has 1 saturated heterocycles. The van der Waals surface area contributed by atoms with Crippen LogP contribution in [0.25, 0.3) is 0 Å². The number of carbonyl (C=O) groups is 1. The Hall–Kier alpha value is -2.31. The molecule has 156 valence electrons. The summed E-state index contributed by atoms with van der Waals surface area (Å²) in [4.78, 5) is 14.3. The zero-order valence-corrected chi connectivity index (χ0v) is 17.6. The third-order valence-electron chi connectivity index (χ3n) is 4.72. The molecule has 0 aliphatic carbocycles. The summed E-state index contributed by atoms with van der Waals surface area (Å²) in [6.45, 7) is 7.13. The smallest absolute Gasteiger partial charge is 0.261 e. The van der Waals surface area contributed by atoms with Crippen molar-refractivity contribution >= 4 is 23.2 Å². The van der Waals surface area contributed by atoms with Crippen LogP contribution < -0.4 is 15.0 Å². The van der Waals surface area contributed by atoms with Gasteiger partial charge in [0.05, 0.1) is 17.9 Å². The fraction of sp³-hybridized carbons (Fsp3) is 0.409. The molecule has 1 N–H and O–H groups in total. The molecule has 0 spiro atoms. The summed E-state index contributed by atoms with van der Waals surface area (Å²) >= 11 is 5.92. The second-order valence-corrected chi connectivity index (χ2v) is 7.82. The summed E-state index contributed by atoms with van der Waals surface area (Å²) in [6, 6.07) is 11.9. The lowest BCUT2D eigenvalue weighted by molar-refractivity contribution is -0.127. The van der Waals surface area contributed by atoms with E-state index in [1.54, 1.807) is 37.3 Å². The van der Waals surface area contributed by atoms with E-state index in [1.807, 2.05) is 24.8 Å². The molecule has 1 aliphatic heterocycles. The van der Waals surface area contributed by atoms with Crippen molar-refractivity contribution in [2.75, 3.05) is 18.0 Å². The van der Waals surface area contributed by atoms with E-state index in [4.69, 9.17) is 21.1 Å². The lowest BCUT2D eigenvalue weighted by Crippen LogP contribution is -2.45. The van der Waals surface area contributed by atoms with E-state index in [1.165, 1.54) is 6.07 Å². The Labute approximate surface area is 175 Å². The van der Waals surface area contributed by atoms with Crippen molar-refractivity contribution in [3.8, 4) is 5.75 Å². The molecular formula is C22H26ClFN2O3. The topological polar surface area (TPSA) is 50.8 Å². The van der Waals surface area contributed by atoms with Crippen LogP contribution in [0.1, 0.15) is 26.3 Å². The largest absolute Gasteiger partial charge is 0.481 e. The molecule has 1 amide bonds. The Morgan fingerprint density at radius 1 is 1.28 bits per heavy atom. The predicted molar refractivity (Wildman–Crippen MR) is 112 cm³/mol. The van der Waals surface area contributed by atoms with Crippen molar-refractivity contribution in [1.82, 2.24) is 5.32 Å². The second kappa shape index (κ2) is 9.46. The van der Waals surface area contributed by atoms with Gasteiger partial charge >= 0.3 is 0 Å². The molecule has 2 aromatic rings. The number of morpholine rings is 1. The first-order valence-corrected chi connectivity index (χ1v) is 10.1. The van der Waals surface area contributed by atoms with Gasteiger partial charge in [0.1, 0.15) is 11.6 Å². The van der Waals surface area contributed by atoms with Crippen LogP contribution >= 0.6 is 11.6 Å². The van der Waals surface area contributed by atoms with Crippen LogP contribution in [0, 0.1) is 5.82 Å². The van der Waals surface area contributed by atoms with Gasteiger partial charge in [0.15, 0.2) is 6.10 Å². The standard InChI is InChI=1S/C22H26ClFN2O3/c1-14-12-26(13-15(2)28-14)21-8-7-17(9-20(21)24)11-25-22(27)16(3)29-19-6-4-5-18(23)10-19/h4-10,14-16H,11-13H2,1-3H3,(H,25,27). The zero-order valence-electron chi connectivity index (χ0n) is 16.8. The Kier molecular flexibility index (Phi) is 6.98. The van der Waals surface area contributed by atoms with Crippen molar-refractivity contribution in [3.05, 3.63) is 58.9 Å². The van der Waals surface area contributed by atoms with E-state index in [9.17, 15) is 9.18 Å². The molecule has 1 heterocycles. The van der Waals surface area contributed by atoms with Gasteiger partial charge in [-0.3, -0.25) is 4.79 Å². The van der Waals surface area contributed by atoms with Gasteiger partial charge in [-0.05, 0) is 56.7 Å². The Morgan fingerprint density at radius 2 is 2.00 bits per heavy atom. The highest BCUT2D eigenvalue weighted by Crippen LogP contribution is 2.24. The SMILES string of the molecule is CC1CN(c2ccc(CNC(=O)C(C)Oc3cccc(Cl)c3)cc2F)CC(C)O1. The van der Waals surface area contributed by atoms with Crippen LogP contribution in [0.4, 0.5) is 10.1 Å². The van der Waals surface area contributed by atoms with Gasteiger partial charge in [0, 0.05) is 24.7 Å². The molecule has 0 bridgehead atoms. The Balaban J connectivity index is 1.56. The van der Waals surface area contributed by atoms with Crippen LogP contribution in [-0.4, -0.2) is 37.3 Å². The Morgan fingerprint density at radius 3 is 2.66 bits per heavy atom. The molecule has 3 rings (SSSR count). The summed E-state index contributed by atoms with van der Waals surface area (Å²) in [7, 11) is 0. The van der Waals surface area contributed by atoms with Gasteiger partial charge in [-0.25, -0.2) is 4.39 Å². The molecule has 0 saturated carbocycles. The molecule has 1 fully saturated rings. The molecule has 2 aromatic carbocycles. The average Bonchev–Trinajstić information content (AvgIpc) is 2.65. The first-order valence-electron chi connectivity index (χ1n) is 9.70. The summed E-state index contributed by atoms with van der Waals surface area (Å²) in [5.74, 6) is -0.0731. The quantitative estimate of drug-likeness (QED) is 0.761. The highest BCUT2D eigenvalue weighted by molar-refractivity contribution is 6.30. The molecule has 0 radical (unpaired) electrons. The molecular weight excluding hydrogens is 395 g/mol. The highest BCUT2D eigenvalue weighted by Gasteiger charge is 2.24. The van der Waals surface area contributed by atoms with Gasteiger partial charge in [0.2, 0.25) is 0 Å². The van der Waals surface area contributed by atoms with Crippen LogP contribution in [0.3, 0.4) is 0 Å². The molecule has 7 heteroatoms. The molecule has 3 unspecified atom stereocenters. The van der Waals surface area contributed by atoms with Crippen molar-refractivity contribution in [1.29, 1.82) is 0 Å². The van der Waals surface area contributed by atoms with E-state index < -0.39 is 6.10 Å². The third-order valence-corrected chi connectivity index (χ3v) is 4.95. The minimum atomic E-state index is -0.700. The maximum Gasteiger partial charge on any atom is 0.261 e. The number of nitrogens with zero attached hydrogens (tertiary/aromatic N) is 1. The minimum Gasteiger partial charge on any atom is -0.481 e. The number of hydrogen-bond acceptors (Lipinski definition) is 4. The first kappa shape index (κ1) is 21.4. The maximum atomic E-state index is 14.7. The molecule has 29 heavy (non-hydrogen) atoms. The summed E-state index contributed by atoms with van der Waals surface area (Å²) in [5.41, 5.74) is 1.24. The Bertz CT molecular complexity index is 854. The highest BCUT2D eigenvalue weighted by atomic mass is 35.5. The van der Waals surface area contributed by atoms with Gasteiger partial charge in [0.25, 0.3) is 5.91 Å². The van der Waals surface area contributed by atoms with Gasteiger partial charge in [-0.15, -0.1) is 0 Å². The van der Waals surface area contributed by atoms with Crippen molar-refractivity contribution in [2.24, 2.45) is 0 Å². The summed E-state index contributed by atoms with van der Waals surface area (Å²) < 4.78 is 26.0.